The van der Waals surface area contributed by atoms with Crippen LogP contribution in [0.25, 0.3) is 11.3 Å². The monoisotopic (exact) mass is 358 g/mol. The summed E-state index contributed by atoms with van der Waals surface area (Å²) in [6.45, 7) is 0. The Bertz CT molecular complexity index is 859. The zero-order chi connectivity index (χ0) is 18.8. The number of amides is 1. The number of non-ortho nitro benzene ring substituents is 1. The second-order valence-corrected chi connectivity index (χ2v) is 6.39. The third-order valence-corrected chi connectivity index (χ3v) is 4.54. The van der Waals surface area contributed by atoms with Gasteiger partial charge in [0.05, 0.1) is 16.4 Å². The van der Waals surface area contributed by atoms with Gasteiger partial charge in [0.15, 0.2) is 0 Å². The lowest BCUT2D eigenvalue weighted by Crippen LogP contribution is -2.33. The lowest BCUT2D eigenvalue weighted by Gasteiger charge is -2.12. The van der Waals surface area contributed by atoms with Gasteiger partial charge in [-0.1, -0.05) is 0 Å². The van der Waals surface area contributed by atoms with Crippen LogP contribution in [0.3, 0.4) is 0 Å². The van der Waals surface area contributed by atoms with Gasteiger partial charge in [-0.15, -0.1) is 0 Å². The molecule has 1 heterocycles. The van der Waals surface area contributed by atoms with Crippen LogP contribution < -0.4 is 5.32 Å². The second kappa shape index (κ2) is 6.95. The van der Waals surface area contributed by atoms with Gasteiger partial charge in [0.25, 0.3) is 11.6 Å². The van der Waals surface area contributed by atoms with E-state index in [1.165, 1.54) is 16.8 Å². The molecule has 1 amide bonds. The van der Waals surface area contributed by atoms with Crippen molar-refractivity contribution in [2.24, 2.45) is 13.0 Å². The molecule has 9 heteroatoms. The predicted molar refractivity (Wildman–Crippen MR) is 91.5 cm³/mol. The van der Waals surface area contributed by atoms with E-state index in [0.29, 0.717) is 36.1 Å². The molecule has 0 aliphatic heterocycles. The summed E-state index contributed by atoms with van der Waals surface area (Å²) < 4.78 is 1.50. The number of aryl methyl sites for hydroxylation is 1. The molecule has 1 aliphatic rings. The van der Waals surface area contributed by atoms with Crippen LogP contribution in [0.15, 0.2) is 30.5 Å². The number of nitrogens with one attached hydrogen (secondary N) is 1. The number of hydrogen-bond acceptors (Lipinski definition) is 5. The Morgan fingerprint density at radius 2 is 2.00 bits per heavy atom. The van der Waals surface area contributed by atoms with Crippen LogP contribution >= 0.6 is 0 Å². The summed E-state index contributed by atoms with van der Waals surface area (Å²) in [5.74, 6) is -1.60. The summed E-state index contributed by atoms with van der Waals surface area (Å²) in [6.07, 6.45) is 3.16. The number of aromatic nitrogens is 2. The number of nitrogens with zero attached hydrogens (tertiary/aromatic N) is 3. The van der Waals surface area contributed by atoms with E-state index in [1.807, 2.05) is 0 Å². The Morgan fingerprint density at radius 1 is 1.31 bits per heavy atom. The maximum absolute atomic E-state index is 12.6. The fourth-order valence-electron chi connectivity index (χ4n) is 3.21. The molecule has 1 aliphatic carbocycles. The van der Waals surface area contributed by atoms with Crippen molar-refractivity contribution in [1.29, 1.82) is 0 Å². The topological polar surface area (TPSA) is 127 Å². The first-order valence-electron chi connectivity index (χ1n) is 8.17. The van der Waals surface area contributed by atoms with Crippen LogP contribution in [0.5, 0.6) is 0 Å². The number of carboxylic acids is 1. The molecule has 3 rings (SSSR count). The third-order valence-electron chi connectivity index (χ3n) is 4.54. The average Bonchev–Trinajstić information content (AvgIpc) is 3.21. The van der Waals surface area contributed by atoms with Gasteiger partial charge >= 0.3 is 5.97 Å². The summed E-state index contributed by atoms with van der Waals surface area (Å²) in [7, 11) is 1.68. The molecule has 1 fully saturated rings. The van der Waals surface area contributed by atoms with Gasteiger partial charge in [-0.25, -0.2) is 0 Å². The SMILES string of the molecule is Cn1cc(C(=O)N[C@H]2CC[C@@H](C(=O)O)C2)c(-c2ccc([N+](=O)[O-])cc2)n1. The number of nitro groups is 1. The second-order valence-electron chi connectivity index (χ2n) is 6.39. The lowest BCUT2D eigenvalue weighted by atomic mass is 10.1. The zero-order valence-electron chi connectivity index (χ0n) is 14.1. The molecule has 2 atom stereocenters. The maximum Gasteiger partial charge on any atom is 0.306 e. The number of rotatable bonds is 5. The van der Waals surface area contributed by atoms with Crippen molar-refractivity contribution in [3.05, 3.63) is 46.1 Å². The van der Waals surface area contributed by atoms with E-state index < -0.39 is 16.8 Å². The highest BCUT2D eigenvalue weighted by molar-refractivity contribution is 6.00. The first kappa shape index (κ1) is 17.6. The van der Waals surface area contributed by atoms with E-state index in [0.717, 1.165) is 0 Å². The van der Waals surface area contributed by atoms with Crippen molar-refractivity contribution in [2.75, 3.05) is 0 Å². The number of benzene rings is 1. The molecule has 0 unspecified atom stereocenters. The van der Waals surface area contributed by atoms with E-state index in [4.69, 9.17) is 5.11 Å². The molecule has 136 valence electrons. The number of nitro benzene ring substituents is 1. The molecule has 26 heavy (non-hydrogen) atoms. The fourth-order valence-corrected chi connectivity index (χ4v) is 3.21. The first-order chi connectivity index (χ1) is 12.3. The Balaban J connectivity index is 1.79. The van der Waals surface area contributed by atoms with Crippen molar-refractivity contribution in [2.45, 2.75) is 25.3 Å². The number of aliphatic carboxylic acids is 1. The minimum Gasteiger partial charge on any atom is -0.481 e. The van der Waals surface area contributed by atoms with Crippen LogP contribution in [-0.2, 0) is 11.8 Å². The highest BCUT2D eigenvalue weighted by atomic mass is 16.6. The molecule has 0 saturated heterocycles. The molecular weight excluding hydrogens is 340 g/mol. The quantitative estimate of drug-likeness (QED) is 0.621. The van der Waals surface area contributed by atoms with Gasteiger partial charge < -0.3 is 10.4 Å². The average molecular weight is 358 g/mol. The largest absolute Gasteiger partial charge is 0.481 e. The minimum atomic E-state index is -0.838. The molecule has 0 spiro atoms. The van der Waals surface area contributed by atoms with Crippen molar-refractivity contribution in [3.8, 4) is 11.3 Å². The highest BCUT2D eigenvalue weighted by Crippen LogP contribution is 2.28. The van der Waals surface area contributed by atoms with Gasteiger partial charge in [-0.3, -0.25) is 24.4 Å². The van der Waals surface area contributed by atoms with Crippen molar-refractivity contribution in [1.82, 2.24) is 15.1 Å². The summed E-state index contributed by atoms with van der Waals surface area (Å²) in [5, 5.41) is 27.0. The van der Waals surface area contributed by atoms with Crippen LogP contribution in [0.2, 0.25) is 0 Å². The lowest BCUT2D eigenvalue weighted by molar-refractivity contribution is -0.384. The molecule has 0 bridgehead atoms. The van der Waals surface area contributed by atoms with Crippen molar-refractivity contribution in [3.63, 3.8) is 0 Å². The summed E-state index contributed by atoms with van der Waals surface area (Å²) in [5.41, 5.74) is 1.32. The van der Waals surface area contributed by atoms with Gasteiger partial charge in [-0.05, 0) is 31.4 Å². The molecule has 1 aromatic heterocycles. The standard InChI is InChI=1S/C17H18N4O5/c1-20-9-14(16(22)18-12-5-2-11(8-12)17(23)24)15(19-20)10-3-6-13(7-4-10)21(25)26/h3-4,6-7,9,11-12H,2,5,8H2,1H3,(H,18,22)(H,23,24)/t11-,12+/m1/s1. The van der Waals surface area contributed by atoms with Gasteiger partial charge in [-0.2, -0.15) is 5.10 Å². The minimum absolute atomic E-state index is 0.0404. The number of carbonyl (C=O) groups is 2. The highest BCUT2D eigenvalue weighted by Gasteiger charge is 2.31. The van der Waals surface area contributed by atoms with Crippen LogP contribution in [0, 0.1) is 16.0 Å². The Labute approximate surface area is 148 Å². The molecule has 9 nitrogen and oxygen atoms in total. The van der Waals surface area contributed by atoms with Crippen molar-refractivity contribution >= 4 is 17.6 Å². The molecule has 0 radical (unpaired) electrons. The van der Waals surface area contributed by atoms with E-state index in [9.17, 15) is 19.7 Å². The Hall–Kier alpha value is -3.23. The van der Waals surface area contributed by atoms with E-state index in [2.05, 4.69) is 10.4 Å². The molecule has 2 N–H and O–H groups in total. The fraction of sp³-hybridized carbons (Fsp3) is 0.353. The van der Waals surface area contributed by atoms with E-state index >= 15 is 0 Å². The molecule has 1 aromatic carbocycles. The van der Waals surface area contributed by atoms with Crippen molar-refractivity contribution < 1.29 is 19.6 Å². The first-order valence-corrected chi connectivity index (χ1v) is 8.17. The maximum atomic E-state index is 12.6. The summed E-state index contributed by atoms with van der Waals surface area (Å²) in [4.78, 5) is 34.0. The smallest absolute Gasteiger partial charge is 0.306 e. The summed E-state index contributed by atoms with van der Waals surface area (Å²) >= 11 is 0. The Kier molecular flexibility index (Phi) is 4.70. The number of carbonyl (C=O) groups excluding carboxylic acids is 1. The molecule has 2 aromatic rings. The normalized spacial score (nSPS) is 19.3. The number of hydrogen-bond donors (Lipinski definition) is 2. The van der Waals surface area contributed by atoms with Gasteiger partial charge in [0.2, 0.25) is 0 Å². The van der Waals surface area contributed by atoms with E-state index in [1.54, 1.807) is 25.4 Å². The van der Waals surface area contributed by atoms with Crippen LogP contribution in [0.1, 0.15) is 29.6 Å². The zero-order valence-corrected chi connectivity index (χ0v) is 14.1. The number of carboxylic acid groups (broad SMARTS) is 1. The third kappa shape index (κ3) is 3.56. The van der Waals surface area contributed by atoms with Crippen LogP contribution in [0.4, 0.5) is 5.69 Å². The van der Waals surface area contributed by atoms with Gasteiger partial charge in [0, 0.05) is 37.0 Å². The van der Waals surface area contributed by atoms with Gasteiger partial charge in [0.1, 0.15) is 5.69 Å². The molecule has 1 saturated carbocycles. The van der Waals surface area contributed by atoms with Crippen LogP contribution in [-0.4, -0.2) is 37.7 Å². The van der Waals surface area contributed by atoms with E-state index in [-0.39, 0.29) is 17.6 Å². The predicted octanol–water partition coefficient (Wildman–Crippen LogP) is 1.98. The molecular formula is C17H18N4O5. The summed E-state index contributed by atoms with van der Waals surface area (Å²) in [6, 6.07) is 5.63. The Morgan fingerprint density at radius 3 is 2.58 bits per heavy atom.